The molecule has 0 bridgehead atoms. The van der Waals surface area contributed by atoms with Crippen molar-refractivity contribution in [2.24, 2.45) is 5.92 Å². The fourth-order valence-electron chi connectivity index (χ4n) is 2.46. The van der Waals surface area contributed by atoms with Crippen molar-refractivity contribution >= 4 is 11.7 Å². The molecule has 1 aliphatic carbocycles. The average Bonchev–Trinajstić information content (AvgIpc) is 2.65. The molecule has 0 saturated heterocycles. The van der Waals surface area contributed by atoms with Crippen LogP contribution in [-0.2, 0) is 4.79 Å². The second-order valence-electron chi connectivity index (χ2n) is 4.87. The maximum atomic E-state index is 12.8. The summed E-state index contributed by atoms with van der Waals surface area (Å²) in [6.45, 7) is 2.05. The number of anilines is 1. The van der Waals surface area contributed by atoms with Gasteiger partial charge in [-0.3, -0.25) is 0 Å². The number of carboxylic acid groups (broad SMARTS) is 1. The van der Waals surface area contributed by atoms with Gasteiger partial charge in [-0.15, -0.1) is 0 Å². The van der Waals surface area contributed by atoms with Gasteiger partial charge in [-0.2, -0.15) is 0 Å². The van der Waals surface area contributed by atoms with Crippen molar-refractivity contribution in [1.29, 1.82) is 0 Å². The Kier molecular flexibility index (Phi) is 3.05. The average molecular weight is 237 g/mol. The molecule has 3 nitrogen and oxygen atoms in total. The Morgan fingerprint density at radius 3 is 2.59 bits per heavy atom. The molecule has 0 spiro atoms. The van der Waals surface area contributed by atoms with Gasteiger partial charge in [0.05, 0.1) is 0 Å². The van der Waals surface area contributed by atoms with Crippen molar-refractivity contribution in [3.63, 3.8) is 0 Å². The van der Waals surface area contributed by atoms with Crippen LogP contribution < -0.4 is 5.32 Å². The molecule has 1 aliphatic rings. The monoisotopic (exact) mass is 237 g/mol. The van der Waals surface area contributed by atoms with Gasteiger partial charge in [0.2, 0.25) is 0 Å². The first-order chi connectivity index (χ1) is 8.02. The van der Waals surface area contributed by atoms with Crippen LogP contribution in [0.2, 0.25) is 0 Å². The summed E-state index contributed by atoms with van der Waals surface area (Å²) in [5.41, 5.74) is -0.236. The fraction of sp³-hybridized carbons (Fsp3) is 0.462. The van der Waals surface area contributed by atoms with E-state index >= 15 is 0 Å². The number of carboxylic acids is 1. The highest BCUT2D eigenvalue weighted by Crippen LogP contribution is 2.37. The van der Waals surface area contributed by atoms with Crippen molar-refractivity contribution in [2.75, 3.05) is 5.32 Å². The highest BCUT2D eigenvalue weighted by Gasteiger charge is 2.44. The molecular weight excluding hydrogens is 221 g/mol. The minimum absolute atomic E-state index is 0.320. The van der Waals surface area contributed by atoms with Gasteiger partial charge in [0, 0.05) is 5.69 Å². The summed E-state index contributed by atoms with van der Waals surface area (Å²) in [5, 5.41) is 12.4. The largest absolute Gasteiger partial charge is 0.480 e. The molecule has 0 amide bonds. The van der Waals surface area contributed by atoms with Crippen LogP contribution in [0.1, 0.15) is 26.2 Å². The number of hydrogen-bond donors (Lipinski definition) is 2. The van der Waals surface area contributed by atoms with Crippen molar-refractivity contribution in [1.82, 2.24) is 0 Å². The van der Waals surface area contributed by atoms with Crippen molar-refractivity contribution < 1.29 is 14.3 Å². The van der Waals surface area contributed by atoms with Gasteiger partial charge >= 0.3 is 5.97 Å². The third-order valence-corrected chi connectivity index (χ3v) is 3.40. The van der Waals surface area contributed by atoms with Gasteiger partial charge in [0.25, 0.3) is 0 Å². The predicted molar refractivity (Wildman–Crippen MR) is 63.4 cm³/mol. The van der Waals surface area contributed by atoms with E-state index in [9.17, 15) is 14.3 Å². The summed E-state index contributed by atoms with van der Waals surface area (Å²) in [7, 11) is 0. The summed E-state index contributed by atoms with van der Waals surface area (Å²) in [6, 6.07) is 5.80. The molecule has 4 heteroatoms. The molecule has 1 aromatic rings. The summed E-state index contributed by atoms with van der Waals surface area (Å²) in [4.78, 5) is 11.4. The van der Waals surface area contributed by atoms with Crippen molar-refractivity contribution in [2.45, 2.75) is 31.7 Å². The van der Waals surface area contributed by atoms with E-state index in [4.69, 9.17) is 0 Å². The van der Waals surface area contributed by atoms with Gasteiger partial charge < -0.3 is 10.4 Å². The summed E-state index contributed by atoms with van der Waals surface area (Å²) in [5.74, 6) is -0.745. The Morgan fingerprint density at radius 2 is 2.12 bits per heavy atom. The van der Waals surface area contributed by atoms with Crippen LogP contribution in [0.4, 0.5) is 10.1 Å². The second-order valence-corrected chi connectivity index (χ2v) is 4.87. The first-order valence-corrected chi connectivity index (χ1v) is 5.79. The maximum absolute atomic E-state index is 12.8. The highest BCUT2D eigenvalue weighted by atomic mass is 19.1. The van der Waals surface area contributed by atoms with E-state index in [1.807, 2.05) is 0 Å². The minimum atomic E-state index is -0.892. The van der Waals surface area contributed by atoms with Crippen LogP contribution in [0.25, 0.3) is 0 Å². The SMILES string of the molecule is CC1CCC(Nc2ccc(F)cc2)(C(=O)O)C1. The Labute approximate surface area is 99.7 Å². The number of hydrogen-bond acceptors (Lipinski definition) is 2. The number of nitrogens with one attached hydrogen (secondary N) is 1. The summed E-state index contributed by atoms with van der Waals surface area (Å²) in [6.07, 6.45) is 2.13. The summed E-state index contributed by atoms with van der Waals surface area (Å²) >= 11 is 0. The molecule has 2 rings (SSSR count). The molecule has 1 fully saturated rings. The maximum Gasteiger partial charge on any atom is 0.329 e. The lowest BCUT2D eigenvalue weighted by atomic mass is 9.96. The van der Waals surface area contributed by atoms with Crippen LogP contribution in [-0.4, -0.2) is 16.6 Å². The lowest BCUT2D eigenvalue weighted by Gasteiger charge is -2.27. The first-order valence-electron chi connectivity index (χ1n) is 5.79. The molecule has 2 atom stereocenters. The number of aliphatic carboxylic acids is 1. The van der Waals surface area contributed by atoms with Crippen LogP contribution in [0.5, 0.6) is 0 Å². The van der Waals surface area contributed by atoms with E-state index in [1.54, 1.807) is 12.1 Å². The molecule has 0 aromatic heterocycles. The van der Waals surface area contributed by atoms with E-state index in [0.717, 1.165) is 6.42 Å². The van der Waals surface area contributed by atoms with Crippen LogP contribution in [0.3, 0.4) is 0 Å². The molecule has 2 unspecified atom stereocenters. The molecule has 1 saturated carbocycles. The Bertz CT molecular complexity index is 418. The van der Waals surface area contributed by atoms with Gasteiger partial charge in [0.1, 0.15) is 11.4 Å². The lowest BCUT2D eigenvalue weighted by Crippen LogP contribution is -2.44. The number of carbonyl (C=O) groups is 1. The zero-order valence-corrected chi connectivity index (χ0v) is 9.74. The van der Waals surface area contributed by atoms with Crippen LogP contribution >= 0.6 is 0 Å². The summed E-state index contributed by atoms with van der Waals surface area (Å²) < 4.78 is 12.8. The predicted octanol–water partition coefficient (Wildman–Crippen LogP) is 2.88. The van der Waals surface area contributed by atoms with Crippen LogP contribution in [0, 0.1) is 11.7 Å². The van der Waals surface area contributed by atoms with E-state index in [-0.39, 0.29) is 5.82 Å². The normalized spacial score (nSPS) is 28.0. The van der Waals surface area contributed by atoms with Crippen molar-refractivity contribution in [3.8, 4) is 0 Å². The van der Waals surface area contributed by atoms with Gasteiger partial charge in [0.15, 0.2) is 0 Å². The Hall–Kier alpha value is -1.58. The minimum Gasteiger partial charge on any atom is -0.480 e. The molecule has 92 valence electrons. The fourth-order valence-corrected chi connectivity index (χ4v) is 2.46. The molecule has 17 heavy (non-hydrogen) atoms. The molecule has 0 aliphatic heterocycles. The van der Waals surface area contributed by atoms with Crippen molar-refractivity contribution in [3.05, 3.63) is 30.1 Å². The third kappa shape index (κ3) is 2.40. The quantitative estimate of drug-likeness (QED) is 0.849. The first kappa shape index (κ1) is 11.9. The lowest BCUT2D eigenvalue weighted by molar-refractivity contribution is -0.142. The van der Waals surface area contributed by atoms with Crippen LogP contribution in [0.15, 0.2) is 24.3 Å². The van der Waals surface area contributed by atoms with E-state index in [1.165, 1.54) is 12.1 Å². The van der Waals surface area contributed by atoms with Gasteiger partial charge in [-0.1, -0.05) is 6.92 Å². The number of benzene rings is 1. The third-order valence-electron chi connectivity index (χ3n) is 3.40. The smallest absolute Gasteiger partial charge is 0.329 e. The van der Waals surface area contributed by atoms with Gasteiger partial charge in [-0.25, -0.2) is 9.18 Å². The molecule has 1 aromatic carbocycles. The molecule has 2 N–H and O–H groups in total. The van der Waals surface area contributed by atoms with Gasteiger partial charge in [-0.05, 0) is 49.4 Å². The van der Waals surface area contributed by atoms with E-state index < -0.39 is 11.5 Å². The topological polar surface area (TPSA) is 49.3 Å². The van der Waals surface area contributed by atoms with E-state index in [2.05, 4.69) is 12.2 Å². The second kappa shape index (κ2) is 4.35. The molecule has 0 radical (unpaired) electrons. The zero-order valence-electron chi connectivity index (χ0n) is 9.74. The Balaban J connectivity index is 2.19. The highest BCUT2D eigenvalue weighted by molar-refractivity contribution is 5.83. The Morgan fingerprint density at radius 1 is 1.47 bits per heavy atom. The number of rotatable bonds is 3. The molecular formula is C13H16FNO2. The standard InChI is InChI=1S/C13H16FNO2/c1-9-6-7-13(8-9,12(16)17)15-11-4-2-10(14)3-5-11/h2-5,9,15H,6-8H2,1H3,(H,16,17). The number of halogens is 1. The molecule has 0 heterocycles. The van der Waals surface area contributed by atoms with E-state index in [0.29, 0.717) is 24.4 Å². The zero-order chi connectivity index (χ0) is 12.5.